The summed E-state index contributed by atoms with van der Waals surface area (Å²) in [7, 11) is 1.63. The third-order valence-electron chi connectivity index (χ3n) is 1.23. The monoisotopic (exact) mass is 143 g/mol. The lowest BCUT2D eigenvalue weighted by Crippen LogP contribution is -2.17. The van der Waals surface area contributed by atoms with Gasteiger partial charge in [-0.1, -0.05) is 19.0 Å². The largest absolute Gasteiger partial charge is 0.385 e. The van der Waals surface area contributed by atoms with Crippen LogP contribution in [0.25, 0.3) is 10.4 Å². The Morgan fingerprint density at radius 1 is 1.60 bits per heavy atom. The molecule has 0 aliphatic heterocycles. The zero-order chi connectivity index (χ0) is 8.04. The van der Waals surface area contributed by atoms with Crippen LogP contribution in [0.1, 0.15) is 20.3 Å². The van der Waals surface area contributed by atoms with Crippen LogP contribution >= 0.6 is 0 Å². The lowest BCUT2D eigenvalue weighted by molar-refractivity contribution is 0.176. The molecule has 0 spiro atoms. The lowest BCUT2D eigenvalue weighted by Gasteiger charge is -2.15. The normalized spacial score (nSPS) is 10.7. The predicted molar refractivity (Wildman–Crippen MR) is 39.7 cm³/mol. The number of azide groups is 1. The first-order valence-corrected chi connectivity index (χ1v) is 3.17. The van der Waals surface area contributed by atoms with Gasteiger partial charge >= 0.3 is 0 Å². The highest BCUT2D eigenvalue weighted by molar-refractivity contribution is 4.76. The van der Waals surface area contributed by atoms with E-state index in [1.54, 1.807) is 7.11 Å². The van der Waals surface area contributed by atoms with Gasteiger partial charge in [-0.3, -0.25) is 0 Å². The molecule has 0 unspecified atom stereocenters. The van der Waals surface area contributed by atoms with Crippen molar-refractivity contribution in [2.45, 2.75) is 25.8 Å². The molecule has 4 nitrogen and oxygen atoms in total. The summed E-state index contributed by atoms with van der Waals surface area (Å²) in [5.41, 5.74) is 7.80. The average molecular weight is 143 g/mol. The Labute approximate surface area is 60.8 Å². The molecule has 0 heterocycles. The summed E-state index contributed by atoms with van der Waals surface area (Å²) in [5, 5.41) is 3.59. The van der Waals surface area contributed by atoms with E-state index in [1.165, 1.54) is 0 Å². The number of hydrogen-bond acceptors (Lipinski definition) is 2. The summed E-state index contributed by atoms with van der Waals surface area (Å²) in [6, 6.07) is 0. The molecule has 0 aliphatic rings. The van der Waals surface area contributed by atoms with Crippen molar-refractivity contribution in [3.8, 4) is 0 Å². The standard InChI is InChI=1S/C6H13N3O/c1-6(2,8-9-7)4-5-10-3/h4-5H2,1-3H3. The van der Waals surface area contributed by atoms with E-state index in [4.69, 9.17) is 10.3 Å². The number of nitrogens with zero attached hydrogens (tertiary/aromatic N) is 3. The van der Waals surface area contributed by atoms with Crippen LogP contribution in [0, 0.1) is 0 Å². The van der Waals surface area contributed by atoms with Gasteiger partial charge < -0.3 is 4.74 Å². The Morgan fingerprint density at radius 2 is 2.20 bits per heavy atom. The van der Waals surface area contributed by atoms with E-state index >= 15 is 0 Å². The maximum absolute atomic E-state index is 8.12. The zero-order valence-electron chi connectivity index (χ0n) is 6.66. The van der Waals surface area contributed by atoms with Crippen molar-refractivity contribution < 1.29 is 4.74 Å². The minimum atomic E-state index is -0.315. The van der Waals surface area contributed by atoms with E-state index in [1.807, 2.05) is 13.8 Å². The van der Waals surface area contributed by atoms with Crippen LogP contribution in [0.4, 0.5) is 0 Å². The molecule has 0 aromatic rings. The third-order valence-corrected chi connectivity index (χ3v) is 1.23. The van der Waals surface area contributed by atoms with Gasteiger partial charge in [0.25, 0.3) is 0 Å². The number of rotatable bonds is 4. The molecule has 0 N–H and O–H groups in total. The molecular weight excluding hydrogens is 130 g/mol. The maximum atomic E-state index is 8.12. The van der Waals surface area contributed by atoms with Gasteiger partial charge in [0.1, 0.15) is 0 Å². The Kier molecular flexibility index (Phi) is 3.84. The Bertz CT molecular complexity index is 138. The summed E-state index contributed by atoms with van der Waals surface area (Å²) in [6.45, 7) is 4.39. The SMILES string of the molecule is COCCC(C)(C)N=[N+]=[N-]. The van der Waals surface area contributed by atoms with Crippen LogP contribution in [0.5, 0.6) is 0 Å². The van der Waals surface area contributed by atoms with Crippen molar-refractivity contribution in [3.63, 3.8) is 0 Å². The van der Waals surface area contributed by atoms with Crippen LogP contribution in [0.3, 0.4) is 0 Å². The fourth-order valence-electron chi connectivity index (χ4n) is 0.523. The second-order valence-corrected chi connectivity index (χ2v) is 2.74. The highest BCUT2D eigenvalue weighted by atomic mass is 16.5. The molecule has 58 valence electrons. The second-order valence-electron chi connectivity index (χ2n) is 2.74. The van der Waals surface area contributed by atoms with E-state index in [9.17, 15) is 0 Å². The van der Waals surface area contributed by atoms with Gasteiger partial charge in [0.05, 0.1) is 0 Å². The van der Waals surface area contributed by atoms with E-state index in [2.05, 4.69) is 10.0 Å². The predicted octanol–water partition coefficient (Wildman–Crippen LogP) is 2.11. The van der Waals surface area contributed by atoms with Crippen LogP contribution in [0.2, 0.25) is 0 Å². The van der Waals surface area contributed by atoms with Crippen LogP contribution in [-0.2, 0) is 4.74 Å². The van der Waals surface area contributed by atoms with Crippen LogP contribution < -0.4 is 0 Å². The molecule has 0 rings (SSSR count). The van der Waals surface area contributed by atoms with Crippen molar-refractivity contribution in [1.82, 2.24) is 0 Å². The summed E-state index contributed by atoms with van der Waals surface area (Å²) in [4.78, 5) is 2.73. The van der Waals surface area contributed by atoms with Gasteiger partial charge in [-0.2, -0.15) is 0 Å². The minimum absolute atomic E-state index is 0.315. The van der Waals surface area contributed by atoms with Crippen molar-refractivity contribution in [3.05, 3.63) is 10.4 Å². The number of hydrogen-bond donors (Lipinski definition) is 0. The summed E-state index contributed by atoms with van der Waals surface area (Å²) >= 11 is 0. The molecule has 0 saturated carbocycles. The van der Waals surface area contributed by atoms with Crippen molar-refractivity contribution >= 4 is 0 Å². The second kappa shape index (κ2) is 4.14. The molecule has 0 atom stereocenters. The summed E-state index contributed by atoms with van der Waals surface area (Å²) in [5.74, 6) is 0. The smallest absolute Gasteiger partial charge is 0.0468 e. The molecule has 0 saturated heterocycles. The van der Waals surface area contributed by atoms with E-state index < -0.39 is 0 Å². The molecule has 0 fully saturated rings. The van der Waals surface area contributed by atoms with E-state index in [-0.39, 0.29) is 5.54 Å². The average Bonchev–Trinajstić information content (AvgIpc) is 1.84. The first-order valence-electron chi connectivity index (χ1n) is 3.17. The molecule has 0 aromatic heterocycles. The topological polar surface area (TPSA) is 58.0 Å². The maximum Gasteiger partial charge on any atom is 0.0468 e. The quantitative estimate of drug-likeness (QED) is 0.338. The van der Waals surface area contributed by atoms with Crippen molar-refractivity contribution in [2.75, 3.05) is 13.7 Å². The molecule has 4 heteroatoms. The van der Waals surface area contributed by atoms with Gasteiger partial charge in [-0.15, -0.1) is 0 Å². The van der Waals surface area contributed by atoms with Crippen molar-refractivity contribution in [2.24, 2.45) is 5.11 Å². The molecular formula is C6H13N3O. The third kappa shape index (κ3) is 4.18. The van der Waals surface area contributed by atoms with Crippen LogP contribution in [0.15, 0.2) is 5.11 Å². The molecule has 10 heavy (non-hydrogen) atoms. The van der Waals surface area contributed by atoms with Crippen molar-refractivity contribution in [1.29, 1.82) is 0 Å². The minimum Gasteiger partial charge on any atom is -0.385 e. The first-order chi connectivity index (χ1) is 4.62. The van der Waals surface area contributed by atoms with Gasteiger partial charge in [0.15, 0.2) is 0 Å². The molecule has 0 aliphatic carbocycles. The summed E-state index contributed by atoms with van der Waals surface area (Å²) in [6.07, 6.45) is 0.758. The molecule has 0 bridgehead atoms. The van der Waals surface area contributed by atoms with Gasteiger partial charge in [-0.25, -0.2) is 0 Å². The van der Waals surface area contributed by atoms with Gasteiger partial charge in [-0.05, 0) is 12.0 Å². The van der Waals surface area contributed by atoms with Gasteiger partial charge in [0, 0.05) is 24.2 Å². The lowest BCUT2D eigenvalue weighted by atomic mass is 10.0. The molecule has 0 aromatic carbocycles. The van der Waals surface area contributed by atoms with E-state index in [0.717, 1.165) is 6.42 Å². The van der Waals surface area contributed by atoms with Crippen LogP contribution in [-0.4, -0.2) is 19.3 Å². The number of ether oxygens (including phenoxy) is 1. The van der Waals surface area contributed by atoms with Gasteiger partial charge in [0.2, 0.25) is 0 Å². The fourth-order valence-corrected chi connectivity index (χ4v) is 0.523. The Balaban J connectivity index is 3.74. The molecule has 0 amide bonds. The highest BCUT2D eigenvalue weighted by Crippen LogP contribution is 2.13. The first kappa shape index (κ1) is 9.27. The Morgan fingerprint density at radius 3 is 2.60 bits per heavy atom. The zero-order valence-corrected chi connectivity index (χ0v) is 6.66. The molecule has 0 radical (unpaired) electrons. The highest BCUT2D eigenvalue weighted by Gasteiger charge is 2.13. The fraction of sp³-hybridized carbons (Fsp3) is 1.00. The van der Waals surface area contributed by atoms with E-state index in [0.29, 0.717) is 6.61 Å². The number of methoxy groups -OCH3 is 1. The summed E-state index contributed by atoms with van der Waals surface area (Å²) < 4.78 is 4.84. The Hall–Kier alpha value is -0.730.